The number of carboxylic acids is 1. The largest absolute Gasteiger partial charge is 0.504 e. The molecule has 5 aliphatic rings. The molecule has 0 radical (unpaired) electrons. The molecular weight excluding hydrogens is 580 g/mol. The lowest BCUT2D eigenvalue weighted by Gasteiger charge is -2.57. The second-order valence-electron chi connectivity index (χ2n) is 15.3. The first-order valence-electron chi connectivity index (χ1n) is 16.8. The normalized spacial score (nSPS) is 42.8. The van der Waals surface area contributed by atoms with Crippen LogP contribution in [0.25, 0.3) is 0 Å². The molecule has 1 aliphatic heterocycles. The summed E-state index contributed by atoms with van der Waals surface area (Å²) in [5.41, 5.74) is 1.19. The van der Waals surface area contributed by atoms with E-state index in [1.54, 1.807) is 0 Å². The Balaban J connectivity index is 1.32. The molecule has 2 saturated carbocycles. The standard InChI is InChI=1S/C35H52O10/c1-7-20(16(2)3)23(36)14-17(4)24-26(37)27(38)25-21-9-8-18-15-19(10-12-34(18,5)22(21)11-13-35(24,25)6)44-33-30(41)28(39)29(40)31(45-33)32(42)43/h9,16-20,22,25,28-31,33,37,39-41H,7-8,10-15H2,1-6H3,(H,42,43)/t17-,18+,19+,20-,22+,25+,28+,29+,30-,31+,33-,34+,35-/m1/s1. The molecule has 10 heteroatoms. The highest BCUT2D eigenvalue weighted by Gasteiger charge is 2.61. The molecule has 0 aromatic rings. The number of aliphatic hydroxyl groups is 4. The van der Waals surface area contributed by atoms with Crippen molar-refractivity contribution in [3.05, 3.63) is 23.0 Å². The molecule has 3 fully saturated rings. The average Bonchev–Trinajstić information content (AvgIpc) is 3.17. The fraction of sp³-hybridized carbons (Fsp3) is 0.800. The molecule has 4 aliphatic carbocycles. The van der Waals surface area contributed by atoms with Gasteiger partial charge < -0.3 is 35.0 Å². The van der Waals surface area contributed by atoms with Crippen LogP contribution in [0.3, 0.4) is 0 Å². The Morgan fingerprint density at radius 2 is 1.76 bits per heavy atom. The lowest BCUT2D eigenvalue weighted by molar-refractivity contribution is -0.308. The summed E-state index contributed by atoms with van der Waals surface area (Å²) >= 11 is 0. The summed E-state index contributed by atoms with van der Waals surface area (Å²) in [6, 6.07) is 0. The Kier molecular flexibility index (Phi) is 9.50. The minimum Gasteiger partial charge on any atom is -0.504 e. The molecule has 5 rings (SSSR count). The number of aliphatic hydroxyl groups excluding tert-OH is 4. The van der Waals surface area contributed by atoms with Gasteiger partial charge in [-0.25, -0.2) is 4.79 Å². The molecular formula is C35H52O10. The number of Topliss-reactive ketones (excluding diaryl/α,β-unsaturated/α-hetero) is 2. The highest BCUT2D eigenvalue weighted by Crippen LogP contribution is 2.65. The zero-order chi connectivity index (χ0) is 33.2. The molecule has 0 aromatic heterocycles. The van der Waals surface area contributed by atoms with Crippen LogP contribution >= 0.6 is 0 Å². The quantitative estimate of drug-likeness (QED) is 0.233. The zero-order valence-electron chi connectivity index (χ0n) is 27.4. The first kappa shape index (κ1) is 34.2. The van der Waals surface area contributed by atoms with Crippen LogP contribution in [0.1, 0.15) is 92.9 Å². The maximum atomic E-state index is 13.8. The fourth-order valence-electron chi connectivity index (χ4n) is 9.95. The molecule has 1 heterocycles. The summed E-state index contributed by atoms with van der Waals surface area (Å²) in [5.74, 6) is -1.73. The molecule has 0 amide bonds. The Labute approximate surface area is 265 Å². The summed E-state index contributed by atoms with van der Waals surface area (Å²) in [6.07, 6.45) is -0.860. The van der Waals surface area contributed by atoms with E-state index >= 15 is 0 Å². The number of carboxylic acid groups (broad SMARTS) is 1. The van der Waals surface area contributed by atoms with Crippen molar-refractivity contribution in [2.75, 3.05) is 0 Å². The first-order chi connectivity index (χ1) is 21.1. The number of carbonyl (C=O) groups excluding carboxylic acids is 2. The Morgan fingerprint density at radius 1 is 1.07 bits per heavy atom. The van der Waals surface area contributed by atoms with Crippen molar-refractivity contribution in [3.8, 4) is 0 Å². The van der Waals surface area contributed by atoms with E-state index in [1.807, 2.05) is 13.8 Å². The number of fused-ring (bicyclic) bond motifs is 5. The van der Waals surface area contributed by atoms with Gasteiger partial charge in [-0.15, -0.1) is 0 Å². The van der Waals surface area contributed by atoms with Crippen LogP contribution in [0, 0.1) is 46.3 Å². The van der Waals surface area contributed by atoms with Gasteiger partial charge in [0.15, 0.2) is 18.2 Å². The van der Waals surface area contributed by atoms with Crippen molar-refractivity contribution in [1.82, 2.24) is 0 Å². The van der Waals surface area contributed by atoms with E-state index in [1.165, 1.54) is 0 Å². The molecule has 45 heavy (non-hydrogen) atoms. The van der Waals surface area contributed by atoms with Crippen LogP contribution in [0.15, 0.2) is 23.0 Å². The van der Waals surface area contributed by atoms with Gasteiger partial charge in [-0.1, -0.05) is 53.2 Å². The molecule has 0 spiro atoms. The number of aliphatic carboxylic acids is 1. The number of ketones is 2. The van der Waals surface area contributed by atoms with Gasteiger partial charge in [-0.2, -0.15) is 0 Å². The fourth-order valence-corrected chi connectivity index (χ4v) is 9.95. The van der Waals surface area contributed by atoms with E-state index in [9.17, 15) is 39.9 Å². The van der Waals surface area contributed by atoms with Crippen LogP contribution in [0.4, 0.5) is 0 Å². The number of ether oxygens (including phenoxy) is 2. The maximum absolute atomic E-state index is 13.8. The van der Waals surface area contributed by atoms with Gasteiger partial charge in [0, 0.05) is 17.8 Å². The minimum absolute atomic E-state index is 0.0353. The van der Waals surface area contributed by atoms with Crippen molar-refractivity contribution in [3.63, 3.8) is 0 Å². The van der Waals surface area contributed by atoms with Gasteiger partial charge in [0.1, 0.15) is 24.1 Å². The van der Waals surface area contributed by atoms with Gasteiger partial charge in [0.2, 0.25) is 5.78 Å². The summed E-state index contributed by atoms with van der Waals surface area (Å²) < 4.78 is 11.4. The van der Waals surface area contributed by atoms with Crippen molar-refractivity contribution in [2.45, 2.75) is 130 Å². The molecule has 252 valence electrons. The lowest BCUT2D eigenvalue weighted by Crippen LogP contribution is -2.61. The van der Waals surface area contributed by atoms with Crippen LogP contribution < -0.4 is 0 Å². The van der Waals surface area contributed by atoms with Gasteiger partial charge in [-0.05, 0) is 79.6 Å². The van der Waals surface area contributed by atoms with Crippen LogP contribution in [0.5, 0.6) is 0 Å². The Bertz CT molecular complexity index is 1250. The third kappa shape index (κ3) is 5.62. The lowest BCUT2D eigenvalue weighted by atomic mass is 9.47. The molecule has 0 aromatic carbocycles. The summed E-state index contributed by atoms with van der Waals surface area (Å²) in [7, 11) is 0. The van der Waals surface area contributed by atoms with E-state index in [0.29, 0.717) is 25.7 Å². The number of carbonyl (C=O) groups is 3. The zero-order valence-corrected chi connectivity index (χ0v) is 27.4. The van der Waals surface area contributed by atoms with Gasteiger partial charge in [-0.3, -0.25) is 9.59 Å². The molecule has 1 saturated heterocycles. The van der Waals surface area contributed by atoms with Crippen molar-refractivity contribution >= 4 is 17.5 Å². The summed E-state index contributed by atoms with van der Waals surface area (Å²) in [5, 5.41) is 51.4. The van der Waals surface area contributed by atoms with Gasteiger partial charge in [0.05, 0.1) is 12.0 Å². The third-order valence-electron chi connectivity index (χ3n) is 12.4. The summed E-state index contributed by atoms with van der Waals surface area (Å²) in [4.78, 5) is 38.6. The number of rotatable bonds is 9. The van der Waals surface area contributed by atoms with E-state index in [4.69, 9.17) is 9.47 Å². The topological polar surface area (TPSA) is 171 Å². The van der Waals surface area contributed by atoms with Crippen LogP contribution in [-0.2, 0) is 23.9 Å². The number of hydrogen-bond donors (Lipinski definition) is 5. The SMILES string of the molecule is CC[C@@H](C(=O)C[C@@H](C)C1=C(O)C(=O)[C@@H]2C3=CC[C@H]4C[C@@H](O[C@@H]5O[C@H](C(=O)O)[C@@H](O)[C@H](O)[C@H]5O)CC[C@]4(C)[C@H]3CC[C@]12C)C(C)C. The molecule has 13 atom stereocenters. The second-order valence-corrected chi connectivity index (χ2v) is 15.3. The van der Waals surface area contributed by atoms with Crippen molar-refractivity contribution in [2.24, 2.45) is 46.3 Å². The molecule has 0 unspecified atom stereocenters. The number of hydrogen-bond acceptors (Lipinski definition) is 9. The van der Waals surface area contributed by atoms with E-state index < -0.39 is 48.0 Å². The maximum Gasteiger partial charge on any atom is 0.335 e. The first-order valence-corrected chi connectivity index (χ1v) is 16.8. The Hall–Kier alpha value is -2.11. The highest BCUT2D eigenvalue weighted by molar-refractivity contribution is 6.02. The summed E-state index contributed by atoms with van der Waals surface area (Å²) in [6.45, 7) is 12.5. The average molecular weight is 633 g/mol. The second kappa shape index (κ2) is 12.5. The van der Waals surface area contributed by atoms with Gasteiger partial charge in [0.25, 0.3) is 0 Å². The Morgan fingerprint density at radius 3 is 2.38 bits per heavy atom. The van der Waals surface area contributed by atoms with Crippen molar-refractivity contribution < 1.29 is 49.4 Å². The van der Waals surface area contributed by atoms with Crippen LogP contribution in [-0.4, -0.2) is 79.9 Å². The third-order valence-corrected chi connectivity index (χ3v) is 12.4. The number of allylic oxidation sites excluding steroid dienone is 4. The highest BCUT2D eigenvalue weighted by atomic mass is 16.7. The molecule has 10 nitrogen and oxygen atoms in total. The smallest absolute Gasteiger partial charge is 0.335 e. The van der Waals surface area contributed by atoms with E-state index in [-0.39, 0.29) is 58.4 Å². The predicted molar refractivity (Wildman–Crippen MR) is 164 cm³/mol. The molecule has 0 bridgehead atoms. The van der Waals surface area contributed by atoms with E-state index in [2.05, 4.69) is 33.8 Å². The minimum atomic E-state index is -1.77. The predicted octanol–water partition coefficient (Wildman–Crippen LogP) is 4.11. The van der Waals surface area contributed by atoms with E-state index in [0.717, 1.165) is 36.8 Å². The van der Waals surface area contributed by atoms with Crippen molar-refractivity contribution in [1.29, 1.82) is 0 Å². The van der Waals surface area contributed by atoms with Gasteiger partial charge >= 0.3 is 5.97 Å². The van der Waals surface area contributed by atoms with Crippen LogP contribution in [0.2, 0.25) is 0 Å². The molecule has 5 N–H and O–H groups in total. The monoisotopic (exact) mass is 632 g/mol.